The van der Waals surface area contributed by atoms with Gasteiger partial charge in [-0.3, -0.25) is 9.78 Å². The Kier molecular flexibility index (Phi) is 4.91. The number of benzene rings is 1. The molecule has 3 rings (SSSR count). The van der Waals surface area contributed by atoms with Crippen LogP contribution in [0.5, 0.6) is 5.75 Å². The monoisotopic (exact) mass is 310 g/mol. The fourth-order valence-electron chi connectivity index (χ4n) is 2.88. The van der Waals surface area contributed by atoms with Crippen LogP contribution in [0.1, 0.15) is 24.0 Å². The Morgan fingerprint density at radius 1 is 1.22 bits per heavy atom. The SMILES string of the molecule is Cc1ccccc1OC1CCN(C(=O)Cc2cccnc2)CC1. The number of carbonyl (C=O) groups is 1. The van der Waals surface area contributed by atoms with Crippen LogP contribution >= 0.6 is 0 Å². The van der Waals surface area contributed by atoms with E-state index in [0.29, 0.717) is 6.42 Å². The number of amides is 1. The van der Waals surface area contributed by atoms with Crippen molar-refractivity contribution >= 4 is 5.91 Å². The van der Waals surface area contributed by atoms with E-state index in [2.05, 4.69) is 18.0 Å². The van der Waals surface area contributed by atoms with Gasteiger partial charge in [-0.25, -0.2) is 0 Å². The van der Waals surface area contributed by atoms with E-state index in [0.717, 1.165) is 42.8 Å². The normalized spacial score (nSPS) is 15.4. The molecule has 0 bridgehead atoms. The van der Waals surface area contributed by atoms with Gasteiger partial charge in [-0.15, -0.1) is 0 Å². The summed E-state index contributed by atoms with van der Waals surface area (Å²) >= 11 is 0. The predicted molar refractivity (Wildman–Crippen MR) is 89.4 cm³/mol. The van der Waals surface area contributed by atoms with Gasteiger partial charge in [0.25, 0.3) is 0 Å². The van der Waals surface area contributed by atoms with Gasteiger partial charge < -0.3 is 9.64 Å². The van der Waals surface area contributed by atoms with Gasteiger partial charge in [-0.05, 0) is 30.2 Å². The standard InChI is InChI=1S/C19H22N2O2/c1-15-5-2-3-7-18(15)23-17-8-11-21(12-9-17)19(22)13-16-6-4-10-20-14-16/h2-7,10,14,17H,8-9,11-13H2,1H3. The van der Waals surface area contributed by atoms with Crippen LogP contribution in [0.15, 0.2) is 48.8 Å². The van der Waals surface area contributed by atoms with Crippen molar-refractivity contribution in [3.63, 3.8) is 0 Å². The third kappa shape index (κ3) is 4.09. The van der Waals surface area contributed by atoms with E-state index in [1.165, 1.54) is 0 Å². The molecule has 1 aromatic carbocycles. The van der Waals surface area contributed by atoms with E-state index in [1.54, 1.807) is 12.4 Å². The second-order valence-electron chi connectivity index (χ2n) is 6.00. The molecule has 2 heterocycles. The molecule has 1 amide bonds. The van der Waals surface area contributed by atoms with Gasteiger partial charge in [0, 0.05) is 38.3 Å². The summed E-state index contributed by atoms with van der Waals surface area (Å²) in [5.74, 6) is 1.12. The molecule has 1 aliphatic heterocycles. The zero-order chi connectivity index (χ0) is 16.1. The molecule has 120 valence electrons. The first kappa shape index (κ1) is 15.5. The number of nitrogens with zero attached hydrogens (tertiary/aromatic N) is 2. The third-order valence-electron chi connectivity index (χ3n) is 4.26. The summed E-state index contributed by atoms with van der Waals surface area (Å²) in [5.41, 5.74) is 2.12. The summed E-state index contributed by atoms with van der Waals surface area (Å²) in [5, 5.41) is 0. The highest BCUT2D eigenvalue weighted by atomic mass is 16.5. The number of hydrogen-bond donors (Lipinski definition) is 0. The van der Waals surface area contributed by atoms with E-state index >= 15 is 0 Å². The highest BCUT2D eigenvalue weighted by Gasteiger charge is 2.24. The molecule has 0 spiro atoms. The highest BCUT2D eigenvalue weighted by Crippen LogP contribution is 2.22. The Hall–Kier alpha value is -2.36. The Morgan fingerprint density at radius 2 is 2.00 bits per heavy atom. The molecule has 2 aromatic rings. The van der Waals surface area contributed by atoms with Crippen LogP contribution in [-0.2, 0) is 11.2 Å². The van der Waals surface area contributed by atoms with Gasteiger partial charge in [0.2, 0.25) is 5.91 Å². The molecule has 0 atom stereocenters. The zero-order valence-corrected chi connectivity index (χ0v) is 13.4. The number of aryl methyl sites for hydroxylation is 1. The van der Waals surface area contributed by atoms with Gasteiger partial charge in [0.15, 0.2) is 0 Å². The molecule has 1 saturated heterocycles. The largest absolute Gasteiger partial charge is 0.490 e. The molecule has 0 N–H and O–H groups in total. The van der Waals surface area contributed by atoms with Crippen molar-refractivity contribution in [3.8, 4) is 5.75 Å². The van der Waals surface area contributed by atoms with Crippen molar-refractivity contribution in [3.05, 3.63) is 59.9 Å². The van der Waals surface area contributed by atoms with Crippen LogP contribution in [0, 0.1) is 6.92 Å². The van der Waals surface area contributed by atoms with Gasteiger partial charge in [-0.1, -0.05) is 24.3 Å². The average molecular weight is 310 g/mol. The molecule has 1 aromatic heterocycles. The molecular weight excluding hydrogens is 288 g/mol. The number of para-hydroxylation sites is 1. The summed E-state index contributed by atoms with van der Waals surface area (Å²) in [6.07, 6.45) is 5.87. The number of likely N-dealkylation sites (tertiary alicyclic amines) is 1. The second-order valence-corrected chi connectivity index (χ2v) is 6.00. The lowest BCUT2D eigenvalue weighted by Crippen LogP contribution is -2.42. The van der Waals surface area contributed by atoms with Gasteiger partial charge in [0.1, 0.15) is 11.9 Å². The first-order valence-corrected chi connectivity index (χ1v) is 8.11. The van der Waals surface area contributed by atoms with Crippen molar-refractivity contribution in [1.29, 1.82) is 0 Å². The number of aromatic nitrogens is 1. The Balaban J connectivity index is 1.50. The average Bonchev–Trinajstić information content (AvgIpc) is 2.58. The molecule has 1 aliphatic rings. The van der Waals surface area contributed by atoms with Crippen LogP contribution in [0.2, 0.25) is 0 Å². The van der Waals surface area contributed by atoms with Crippen molar-refractivity contribution in [2.24, 2.45) is 0 Å². The Bertz CT molecular complexity index is 649. The maximum atomic E-state index is 12.3. The number of ether oxygens (including phenoxy) is 1. The lowest BCUT2D eigenvalue weighted by Gasteiger charge is -2.32. The molecule has 0 unspecified atom stereocenters. The van der Waals surface area contributed by atoms with E-state index in [4.69, 9.17) is 4.74 Å². The predicted octanol–water partition coefficient (Wildman–Crippen LogP) is 3.00. The molecule has 0 aliphatic carbocycles. The maximum absolute atomic E-state index is 12.3. The number of carbonyl (C=O) groups excluding carboxylic acids is 1. The van der Waals surface area contributed by atoms with Crippen molar-refractivity contribution in [2.45, 2.75) is 32.3 Å². The van der Waals surface area contributed by atoms with Crippen LogP contribution < -0.4 is 4.74 Å². The molecule has 4 nitrogen and oxygen atoms in total. The summed E-state index contributed by atoms with van der Waals surface area (Å²) < 4.78 is 6.08. The molecule has 1 fully saturated rings. The zero-order valence-electron chi connectivity index (χ0n) is 13.4. The third-order valence-corrected chi connectivity index (χ3v) is 4.26. The lowest BCUT2D eigenvalue weighted by atomic mass is 10.1. The minimum absolute atomic E-state index is 0.173. The second kappa shape index (κ2) is 7.27. The number of hydrogen-bond acceptors (Lipinski definition) is 3. The van der Waals surface area contributed by atoms with Crippen LogP contribution in [0.4, 0.5) is 0 Å². The van der Waals surface area contributed by atoms with E-state index in [9.17, 15) is 4.79 Å². The van der Waals surface area contributed by atoms with Gasteiger partial charge >= 0.3 is 0 Å². The summed E-state index contributed by atoms with van der Waals surface area (Å²) in [6.45, 7) is 3.58. The van der Waals surface area contributed by atoms with Crippen molar-refractivity contribution in [2.75, 3.05) is 13.1 Å². The van der Waals surface area contributed by atoms with Crippen LogP contribution in [0.25, 0.3) is 0 Å². The molecule has 23 heavy (non-hydrogen) atoms. The highest BCUT2D eigenvalue weighted by molar-refractivity contribution is 5.78. The van der Waals surface area contributed by atoms with Crippen molar-refractivity contribution < 1.29 is 9.53 Å². The summed E-state index contributed by atoms with van der Waals surface area (Å²) in [7, 11) is 0. The van der Waals surface area contributed by atoms with E-state index in [1.807, 2.05) is 35.2 Å². The molecule has 0 saturated carbocycles. The quantitative estimate of drug-likeness (QED) is 0.872. The summed E-state index contributed by atoms with van der Waals surface area (Å²) in [6, 6.07) is 11.9. The molecule has 0 radical (unpaired) electrons. The number of piperidine rings is 1. The van der Waals surface area contributed by atoms with Crippen LogP contribution in [0.3, 0.4) is 0 Å². The fourth-order valence-corrected chi connectivity index (χ4v) is 2.88. The van der Waals surface area contributed by atoms with Gasteiger partial charge in [-0.2, -0.15) is 0 Å². The van der Waals surface area contributed by atoms with Crippen molar-refractivity contribution in [1.82, 2.24) is 9.88 Å². The maximum Gasteiger partial charge on any atom is 0.227 e. The fraction of sp³-hybridized carbons (Fsp3) is 0.368. The number of pyridine rings is 1. The first-order chi connectivity index (χ1) is 11.2. The Morgan fingerprint density at radius 3 is 2.70 bits per heavy atom. The minimum Gasteiger partial charge on any atom is -0.490 e. The van der Waals surface area contributed by atoms with Crippen LogP contribution in [-0.4, -0.2) is 35.0 Å². The molecular formula is C19H22N2O2. The first-order valence-electron chi connectivity index (χ1n) is 8.11. The van der Waals surface area contributed by atoms with E-state index < -0.39 is 0 Å². The Labute approximate surface area is 137 Å². The minimum atomic E-state index is 0.173. The molecule has 4 heteroatoms. The van der Waals surface area contributed by atoms with Gasteiger partial charge in [0.05, 0.1) is 6.42 Å². The lowest BCUT2D eigenvalue weighted by molar-refractivity contribution is -0.132. The smallest absolute Gasteiger partial charge is 0.227 e. The topological polar surface area (TPSA) is 42.4 Å². The van der Waals surface area contributed by atoms with E-state index in [-0.39, 0.29) is 12.0 Å². The number of rotatable bonds is 4. The summed E-state index contributed by atoms with van der Waals surface area (Å²) in [4.78, 5) is 18.3.